The van der Waals surface area contributed by atoms with E-state index in [1.165, 1.54) is 18.4 Å². The van der Waals surface area contributed by atoms with Gasteiger partial charge < -0.3 is 0 Å². The van der Waals surface area contributed by atoms with Crippen molar-refractivity contribution in [3.8, 4) is 0 Å². The van der Waals surface area contributed by atoms with E-state index in [1.807, 2.05) is 0 Å². The molecular weight excluding hydrogens is 124 g/mol. The fraction of sp³-hybridized carbons (Fsp3) is 0.500. The maximum atomic E-state index is 4.25. The first-order chi connectivity index (χ1) is 4.97. The molecule has 0 fully saturated rings. The highest BCUT2D eigenvalue weighted by Crippen LogP contribution is 2.19. The molecule has 1 radical (unpaired) electrons. The van der Waals surface area contributed by atoms with E-state index in [2.05, 4.69) is 29.1 Å². The summed E-state index contributed by atoms with van der Waals surface area (Å²) in [5.74, 6) is 0. The summed E-state index contributed by atoms with van der Waals surface area (Å²) in [6, 6.07) is 0.350. The third-order valence-corrected chi connectivity index (χ3v) is 1.98. The number of hydrogen-bond donors (Lipinski definition) is 1. The Hall–Kier alpha value is -0.600. The minimum atomic E-state index is 0.350. The van der Waals surface area contributed by atoms with Gasteiger partial charge >= 0.3 is 0 Å². The number of nitrogens with one attached hydrogen (secondary N) is 1. The predicted octanol–water partition coefficient (Wildman–Crippen LogP) is 0.754. The minimum Gasteiger partial charge on any atom is -0.235 e. The molecule has 0 bridgehead atoms. The van der Waals surface area contributed by atoms with Crippen molar-refractivity contribution in [3.63, 3.8) is 0 Å². The van der Waals surface area contributed by atoms with Gasteiger partial charge in [0, 0.05) is 6.54 Å². The highest BCUT2D eigenvalue weighted by Gasteiger charge is 2.16. The average Bonchev–Trinajstić information content (AvgIpc) is 2.05. The van der Waals surface area contributed by atoms with Crippen LogP contribution in [0.3, 0.4) is 0 Å². The van der Waals surface area contributed by atoms with Gasteiger partial charge in [-0.05, 0) is 18.4 Å². The molecule has 2 aliphatic rings. The third-order valence-electron chi connectivity index (χ3n) is 1.98. The molecule has 1 aliphatic carbocycles. The predicted molar refractivity (Wildman–Crippen MR) is 40.4 cm³/mol. The van der Waals surface area contributed by atoms with E-state index in [0.29, 0.717) is 6.04 Å². The van der Waals surface area contributed by atoms with Crippen molar-refractivity contribution < 1.29 is 0 Å². The maximum Gasteiger partial charge on any atom is 0.0807 e. The normalized spacial score (nSPS) is 31.2. The van der Waals surface area contributed by atoms with Crippen molar-refractivity contribution in [1.29, 1.82) is 0 Å². The molecule has 2 rings (SSSR count). The van der Waals surface area contributed by atoms with Gasteiger partial charge in [-0.3, -0.25) is 0 Å². The lowest BCUT2D eigenvalue weighted by Crippen LogP contribution is -2.39. The van der Waals surface area contributed by atoms with Crippen LogP contribution in [0, 0.1) is 0 Å². The van der Waals surface area contributed by atoms with Crippen LogP contribution in [-0.4, -0.2) is 12.6 Å². The first-order valence-electron chi connectivity index (χ1n) is 3.75. The van der Waals surface area contributed by atoms with Gasteiger partial charge in [-0.15, -0.1) is 0 Å². The Morgan fingerprint density at radius 2 is 2.60 bits per heavy atom. The number of hydrogen-bond acceptors (Lipinski definition) is 1. The van der Waals surface area contributed by atoms with Crippen molar-refractivity contribution in [3.05, 3.63) is 23.8 Å². The van der Waals surface area contributed by atoms with E-state index >= 15 is 0 Å². The highest BCUT2D eigenvalue weighted by atomic mass is 15.4. The van der Waals surface area contributed by atoms with Crippen molar-refractivity contribution in [2.45, 2.75) is 18.9 Å². The van der Waals surface area contributed by atoms with E-state index in [4.69, 9.17) is 0 Å². The topological polar surface area (TPSA) is 26.1 Å². The molecular formula is C8H11N2. The summed E-state index contributed by atoms with van der Waals surface area (Å²) < 4.78 is 0. The summed E-state index contributed by atoms with van der Waals surface area (Å²) >= 11 is 0. The van der Waals surface area contributed by atoms with Crippen LogP contribution in [0.1, 0.15) is 12.8 Å². The molecule has 1 N–H and O–H groups in total. The van der Waals surface area contributed by atoms with Crippen LogP contribution < -0.4 is 10.9 Å². The number of nitrogens with zero attached hydrogens (tertiary/aromatic N) is 1. The van der Waals surface area contributed by atoms with Crippen LogP contribution in [0.5, 0.6) is 0 Å². The smallest absolute Gasteiger partial charge is 0.0807 e. The van der Waals surface area contributed by atoms with Crippen LogP contribution in [0.4, 0.5) is 0 Å². The van der Waals surface area contributed by atoms with Gasteiger partial charge in [0.15, 0.2) is 0 Å². The maximum absolute atomic E-state index is 4.25. The lowest BCUT2D eigenvalue weighted by molar-refractivity contribution is 0.484. The molecule has 1 aliphatic heterocycles. The molecule has 0 aromatic rings. The van der Waals surface area contributed by atoms with Gasteiger partial charge in [0.1, 0.15) is 0 Å². The van der Waals surface area contributed by atoms with E-state index in [1.54, 1.807) is 0 Å². The van der Waals surface area contributed by atoms with Crippen molar-refractivity contribution in [2.75, 3.05) is 6.54 Å². The number of rotatable bonds is 0. The first kappa shape index (κ1) is 6.13. The summed E-state index contributed by atoms with van der Waals surface area (Å²) in [5, 5.41) is 0. The van der Waals surface area contributed by atoms with Crippen LogP contribution in [0.15, 0.2) is 23.8 Å². The van der Waals surface area contributed by atoms with Gasteiger partial charge in [0.05, 0.1) is 6.04 Å². The minimum absolute atomic E-state index is 0.350. The van der Waals surface area contributed by atoms with Crippen LogP contribution >= 0.6 is 0 Å². The summed E-state index contributed by atoms with van der Waals surface area (Å²) in [7, 11) is 0. The molecule has 10 heavy (non-hydrogen) atoms. The molecule has 1 heterocycles. The molecule has 1 unspecified atom stereocenters. The van der Waals surface area contributed by atoms with Crippen LogP contribution in [0.2, 0.25) is 0 Å². The zero-order chi connectivity index (χ0) is 6.81. The first-order valence-corrected chi connectivity index (χ1v) is 3.75. The fourth-order valence-electron chi connectivity index (χ4n) is 1.42. The Bertz CT molecular complexity index is 182. The Labute approximate surface area is 61.0 Å². The molecule has 2 heteroatoms. The van der Waals surface area contributed by atoms with Crippen molar-refractivity contribution >= 4 is 0 Å². The Morgan fingerprint density at radius 3 is 3.50 bits per heavy atom. The summed E-state index contributed by atoms with van der Waals surface area (Å²) in [6.45, 7) is 0.916. The monoisotopic (exact) mass is 135 g/mol. The standard InChI is InChI=1S/C8H11N2/c1-2-4-8-7(3-1)5-6-9-10-8/h2,4-5,8-9H,1,3,6H2. The average molecular weight is 135 g/mol. The zero-order valence-corrected chi connectivity index (χ0v) is 5.88. The molecule has 1 atom stereocenters. The van der Waals surface area contributed by atoms with Crippen LogP contribution in [0.25, 0.3) is 0 Å². The van der Waals surface area contributed by atoms with Gasteiger partial charge in [-0.2, -0.15) is 5.43 Å². The van der Waals surface area contributed by atoms with Crippen LogP contribution in [-0.2, 0) is 0 Å². The summed E-state index contributed by atoms with van der Waals surface area (Å²) in [6.07, 6.45) is 9.02. The van der Waals surface area contributed by atoms with Gasteiger partial charge in [-0.1, -0.05) is 18.2 Å². The molecule has 53 valence electrons. The van der Waals surface area contributed by atoms with Gasteiger partial charge in [0.25, 0.3) is 0 Å². The Kier molecular flexibility index (Phi) is 1.57. The molecule has 0 saturated heterocycles. The molecule has 0 aromatic heterocycles. The lowest BCUT2D eigenvalue weighted by atomic mass is 9.95. The fourth-order valence-corrected chi connectivity index (χ4v) is 1.42. The third kappa shape index (κ3) is 1.00. The summed E-state index contributed by atoms with van der Waals surface area (Å²) in [5.41, 5.74) is 8.71. The molecule has 0 spiro atoms. The SMILES string of the molecule is C1=CC2[N]NCC=C2CC1. The Morgan fingerprint density at radius 1 is 1.60 bits per heavy atom. The second kappa shape index (κ2) is 2.56. The van der Waals surface area contributed by atoms with E-state index in [0.717, 1.165) is 6.54 Å². The second-order valence-corrected chi connectivity index (χ2v) is 2.68. The van der Waals surface area contributed by atoms with E-state index in [-0.39, 0.29) is 0 Å². The van der Waals surface area contributed by atoms with E-state index in [9.17, 15) is 0 Å². The highest BCUT2D eigenvalue weighted by molar-refractivity contribution is 5.24. The zero-order valence-electron chi connectivity index (χ0n) is 5.88. The van der Waals surface area contributed by atoms with Gasteiger partial charge in [0.2, 0.25) is 0 Å². The van der Waals surface area contributed by atoms with Gasteiger partial charge in [-0.25, -0.2) is 5.43 Å². The summed E-state index contributed by atoms with van der Waals surface area (Å²) in [4.78, 5) is 0. The molecule has 2 nitrogen and oxygen atoms in total. The van der Waals surface area contributed by atoms with Crippen molar-refractivity contribution in [2.24, 2.45) is 0 Å². The lowest BCUT2D eigenvalue weighted by Gasteiger charge is -2.24. The quantitative estimate of drug-likeness (QED) is 0.487. The van der Waals surface area contributed by atoms with Crippen molar-refractivity contribution in [1.82, 2.24) is 10.9 Å². The molecule has 0 saturated carbocycles. The Balaban J connectivity index is 2.20. The number of fused-ring (bicyclic) bond motifs is 1. The van der Waals surface area contributed by atoms with E-state index < -0.39 is 0 Å². The molecule has 0 aromatic carbocycles. The molecule has 0 amide bonds. The number of allylic oxidation sites excluding steroid dienone is 1. The largest absolute Gasteiger partial charge is 0.235 e. The second-order valence-electron chi connectivity index (χ2n) is 2.68.